The van der Waals surface area contributed by atoms with Gasteiger partial charge in [-0.2, -0.15) is 5.10 Å². The number of hydrogen-bond donors (Lipinski definition) is 4. The van der Waals surface area contributed by atoms with E-state index in [4.69, 9.17) is 21.3 Å². The van der Waals surface area contributed by atoms with Crippen molar-refractivity contribution in [1.82, 2.24) is 9.78 Å². The second-order valence-electron chi connectivity index (χ2n) is 3.97. The zero-order valence-corrected chi connectivity index (χ0v) is 10.9. The number of primary amides is 1. The highest BCUT2D eigenvalue weighted by Gasteiger charge is 2.36. The van der Waals surface area contributed by atoms with E-state index in [1.807, 2.05) is 0 Å². The Morgan fingerprint density at radius 1 is 1.67 bits per heavy atom. The Bertz CT molecular complexity index is 477. The van der Waals surface area contributed by atoms with Gasteiger partial charge in [-0.3, -0.25) is 4.79 Å². The average Bonchev–Trinajstić information content (AvgIpc) is 2.79. The Hall–Kier alpha value is -1.16. The number of rotatable bonds is 3. The summed E-state index contributed by atoms with van der Waals surface area (Å²) < 4.78 is 6.87. The van der Waals surface area contributed by atoms with E-state index >= 15 is 0 Å². The molecule has 0 unspecified atom stereocenters. The SMILES string of the molecule is NC(=O)c1c(Br)nn([C@H]2C[C@H](O)[C@@H](CO)O2)c1N. The first-order chi connectivity index (χ1) is 8.45. The Balaban J connectivity index is 2.31. The van der Waals surface area contributed by atoms with Crippen LogP contribution in [0.5, 0.6) is 0 Å². The van der Waals surface area contributed by atoms with Crippen LogP contribution in [0.3, 0.4) is 0 Å². The number of nitrogens with two attached hydrogens (primary N) is 2. The smallest absolute Gasteiger partial charge is 0.255 e. The quantitative estimate of drug-likeness (QED) is 0.562. The van der Waals surface area contributed by atoms with E-state index in [1.54, 1.807) is 0 Å². The van der Waals surface area contributed by atoms with Gasteiger partial charge in [-0.25, -0.2) is 4.68 Å². The van der Waals surface area contributed by atoms with Gasteiger partial charge in [0.1, 0.15) is 22.1 Å². The lowest BCUT2D eigenvalue weighted by molar-refractivity contribution is -0.0476. The van der Waals surface area contributed by atoms with Crippen molar-refractivity contribution in [3.05, 3.63) is 10.2 Å². The van der Waals surface area contributed by atoms with Gasteiger partial charge in [0.25, 0.3) is 5.91 Å². The van der Waals surface area contributed by atoms with Crippen LogP contribution in [-0.2, 0) is 4.74 Å². The minimum absolute atomic E-state index is 0.0603. The lowest BCUT2D eigenvalue weighted by Crippen LogP contribution is -2.24. The third-order valence-electron chi connectivity index (χ3n) is 2.81. The molecule has 1 aromatic heterocycles. The molecule has 18 heavy (non-hydrogen) atoms. The molecular weight excluding hydrogens is 308 g/mol. The van der Waals surface area contributed by atoms with Crippen LogP contribution in [0.4, 0.5) is 5.82 Å². The van der Waals surface area contributed by atoms with Crippen molar-refractivity contribution in [2.45, 2.75) is 24.9 Å². The molecule has 0 radical (unpaired) electrons. The zero-order chi connectivity index (χ0) is 13.4. The van der Waals surface area contributed by atoms with Crippen LogP contribution >= 0.6 is 15.9 Å². The number of nitrogen functional groups attached to an aromatic ring is 1. The van der Waals surface area contributed by atoms with Gasteiger partial charge in [0.05, 0.1) is 12.7 Å². The van der Waals surface area contributed by atoms with Gasteiger partial charge in [0.15, 0.2) is 6.23 Å². The second-order valence-corrected chi connectivity index (χ2v) is 4.73. The van der Waals surface area contributed by atoms with Crippen molar-refractivity contribution in [3.63, 3.8) is 0 Å². The lowest BCUT2D eigenvalue weighted by Gasteiger charge is -2.13. The minimum atomic E-state index is -0.806. The molecule has 0 saturated carbocycles. The number of aliphatic hydroxyl groups excluding tert-OH is 2. The van der Waals surface area contributed by atoms with Gasteiger partial charge < -0.3 is 26.4 Å². The highest BCUT2D eigenvalue weighted by Crippen LogP contribution is 2.33. The highest BCUT2D eigenvalue weighted by atomic mass is 79.9. The fourth-order valence-corrected chi connectivity index (χ4v) is 2.46. The minimum Gasteiger partial charge on any atom is -0.394 e. The lowest BCUT2D eigenvalue weighted by atomic mass is 10.2. The molecule has 1 aromatic rings. The predicted octanol–water partition coefficient (Wildman–Crippen LogP) is -1.03. The monoisotopic (exact) mass is 320 g/mol. The van der Waals surface area contributed by atoms with Gasteiger partial charge in [-0.1, -0.05) is 0 Å². The summed E-state index contributed by atoms with van der Waals surface area (Å²) in [6.45, 7) is -0.303. The van der Waals surface area contributed by atoms with E-state index in [-0.39, 0.29) is 29.0 Å². The molecule has 0 bridgehead atoms. The summed E-state index contributed by atoms with van der Waals surface area (Å²) in [7, 11) is 0. The van der Waals surface area contributed by atoms with E-state index in [1.165, 1.54) is 4.68 Å². The summed E-state index contributed by atoms with van der Waals surface area (Å²) in [5.41, 5.74) is 11.0. The summed E-state index contributed by atoms with van der Waals surface area (Å²) in [5.74, 6) is -0.645. The standard InChI is InChI=1S/C9H13BrN4O4/c10-7-6(9(12)17)8(11)14(13-7)5-1-3(16)4(2-15)18-5/h3-5,15-16H,1-2,11H2,(H2,12,17)/t3-,4+,5+/m0/s1. The van der Waals surface area contributed by atoms with Crippen LogP contribution in [0, 0.1) is 0 Å². The number of carbonyl (C=O) groups is 1. The van der Waals surface area contributed by atoms with Crippen LogP contribution in [0.1, 0.15) is 23.0 Å². The molecule has 1 amide bonds. The third kappa shape index (κ3) is 2.09. The molecule has 0 aromatic carbocycles. The molecule has 1 saturated heterocycles. The average molecular weight is 321 g/mol. The molecule has 1 fully saturated rings. The Morgan fingerprint density at radius 3 is 2.78 bits per heavy atom. The van der Waals surface area contributed by atoms with Crippen LogP contribution in [-0.4, -0.2) is 44.7 Å². The molecule has 1 aliphatic rings. The molecule has 2 rings (SSSR count). The first kappa shape index (κ1) is 13.3. The summed E-state index contributed by atoms with van der Waals surface area (Å²) in [6, 6.07) is 0. The first-order valence-electron chi connectivity index (χ1n) is 5.23. The third-order valence-corrected chi connectivity index (χ3v) is 3.36. The van der Waals surface area contributed by atoms with Crippen molar-refractivity contribution < 1.29 is 19.7 Å². The van der Waals surface area contributed by atoms with Gasteiger partial charge >= 0.3 is 0 Å². The van der Waals surface area contributed by atoms with E-state index in [9.17, 15) is 9.90 Å². The molecular formula is C9H13BrN4O4. The topological polar surface area (TPSA) is 137 Å². The normalized spacial score (nSPS) is 27.6. The molecule has 8 nitrogen and oxygen atoms in total. The van der Waals surface area contributed by atoms with Crippen LogP contribution in [0.25, 0.3) is 0 Å². The van der Waals surface area contributed by atoms with Crippen molar-refractivity contribution in [2.24, 2.45) is 5.73 Å². The van der Waals surface area contributed by atoms with Crippen molar-refractivity contribution >= 4 is 27.7 Å². The summed E-state index contributed by atoms with van der Waals surface area (Å²) in [5, 5.41) is 22.6. The molecule has 3 atom stereocenters. The number of anilines is 1. The number of aromatic nitrogens is 2. The van der Waals surface area contributed by atoms with Gasteiger partial charge in [-0.15, -0.1) is 0 Å². The van der Waals surface area contributed by atoms with Gasteiger partial charge in [0, 0.05) is 6.42 Å². The van der Waals surface area contributed by atoms with Crippen LogP contribution < -0.4 is 11.5 Å². The fraction of sp³-hybridized carbons (Fsp3) is 0.556. The first-order valence-corrected chi connectivity index (χ1v) is 6.02. The molecule has 1 aliphatic heterocycles. The maximum atomic E-state index is 11.2. The number of hydrogen-bond acceptors (Lipinski definition) is 6. The van der Waals surface area contributed by atoms with E-state index < -0.39 is 24.3 Å². The summed E-state index contributed by atoms with van der Waals surface area (Å²) >= 11 is 3.08. The maximum Gasteiger partial charge on any atom is 0.255 e. The Kier molecular flexibility index (Phi) is 3.57. The van der Waals surface area contributed by atoms with Gasteiger partial charge in [-0.05, 0) is 15.9 Å². The molecule has 0 aliphatic carbocycles. The predicted molar refractivity (Wildman–Crippen MR) is 64.5 cm³/mol. The number of aliphatic hydroxyl groups is 2. The maximum absolute atomic E-state index is 11.2. The highest BCUT2D eigenvalue weighted by molar-refractivity contribution is 9.10. The Morgan fingerprint density at radius 2 is 2.33 bits per heavy atom. The second kappa shape index (κ2) is 4.84. The van der Waals surface area contributed by atoms with Crippen molar-refractivity contribution in [1.29, 1.82) is 0 Å². The number of nitrogens with zero attached hydrogens (tertiary/aromatic N) is 2. The van der Waals surface area contributed by atoms with Gasteiger partial charge in [0.2, 0.25) is 0 Å². The van der Waals surface area contributed by atoms with Crippen molar-refractivity contribution in [3.8, 4) is 0 Å². The van der Waals surface area contributed by atoms with E-state index in [0.29, 0.717) is 0 Å². The number of halogens is 1. The molecule has 6 N–H and O–H groups in total. The molecule has 9 heteroatoms. The number of ether oxygens (including phenoxy) is 1. The molecule has 0 spiro atoms. The molecule has 2 heterocycles. The number of amides is 1. The summed E-state index contributed by atoms with van der Waals surface area (Å²) in [4.78, 5) is 11.2. The van der Waals surface area contributed by atoms with Crippen molar-refractivity contribution in [2.75, 3.05) is 12.3 Å². The van der Waals surface area contributed by atoms with E-state index in [0.717, 1.165) is 0 Å². The Labute approximate surface area is 111 Å². The largest absolute Gasteiger partial charge is 0.394 e. The zero-order valence-electron chi connectivity index (χ0n) is 9.28. The van der Waals surface area contributed by atoms with Crippen LogP contribution in [0.15, 0.2) is 4.60 Å². The number of carbonyl (C=O) groups excluding carboxylic acids is 1. The molecule has 100 valence electrons. The van der Waals surface area contributed by atoms with E-state index in [2.05, 4.69) is 21.0 Å². The summed E-state index contributed by atoms with van der Waals surface area (Å²) in [6.07, 6.45) is -1.91. The van der Waals surface area contributed by atoms with Crippen LogP contribution in [0.2, 0.25) is 0 Å². The fourth-order valence-electron chi connectivity index (χ4n) is 1.89.